The second-order valence-corrected chi connectivity index (χ2v) is 2.46. The number of hydrogen-bond donors (Lipinski definition) is 2. The Morgan fingerprint density at radius 1 is 1.86 bits per heavy atom. The minimum atomic E-state index is -0.431. The van der Waals surface area contributed by atoms with Crippen molar-refractivity contribution in [3.8, 4) is 0 Å². The average Bonchev–Trinajstić information content (AvgIpc) is 1.63. The number of hydrogen-bond acceptors (Lipinski definition) is 2. The SMILES string of the molecule is C[C@@H]1NC[C@]1(C)O. The fourth-order valence-corrected chi connectivity index (χ4v) is 0.602. The van der Waals surface area contributed by atoms with Crippen molar-refractivity contribution in [2.45, 2.75) is 25.5 Å². The van der Waals surface area contributed by atoms with E-state index in [9.17, 15) is 0 Å². The average molecular weight is 101 g/mol. The van der Waals surface area contributed by atoms with Crippen LogP contribution in [0.3, 0.4) is 0 Å². The van der Waals surface area contributed by atoms with Crippen LogP contribution in [0.25, 0.3) is 0 Å². The summed E-state index contributed by atoms with van der Waals surface area (Å²) in [4.78, 5) is 0. The summed E-state index contributed by atoms with van der Waals surface area (Å²) < 4.78 is 0. The van der Waals surface area contributed by atoms with Crippen molar-refractivity contribution in [3.63, 3.8) is 0 Å². The van der Waals surface area contributed by atoms with E-state index < -0.39 is 5.60 Å². The van der Waals surface area contributed by atoms with Gasteiger partial charge in [-0.3, -0.25) is 0 Å². The van der Waals surface area contributed by atoms with E-state index in [0.29, 0.717) is 0 Å². The zero-order valence-electron chi connectivity index (χ0n) is 4.73. The van der Waals surface area contributed by atoms with E-state index in [1.165, 1.54) is 0 Å². The lowest BCUT2D eigenvalue weighted by molar-refractivity contribution is -0.0335. The topological polar surface area (TPSA) is 32.3 Å². The van der Waals surface area contributed by atoms with Crippen LogP contribution in [0.15, 0.2) is 0 Å². The second-order valence-electron chi connectivity index (χ2n) is 2.46. The van der Waals surface area contributed by atoms with Crippen LogP contribution in [0.1, 0.15) is 13.8 Å². The van der Waals surface area contributed by atoms with Crippen LogP contribution < -0.4 is 5.32 Å². The Hall–Kier alpha value is -0.0800. The summed E-state index contributed by atoms with van der Waals surface area (Å²) in [6.45, 7) is 4.56. The number of β-amino-alcohol motifs (C(OH)–C–C–N with tert-alkyl or cyclic N) is 1. The van der Waals surface area contributed by atoms with Gasteiger partial charge in [0.1, 0.15) is 0 Å². The molecule has 7 heavy (non-hydrogen) atoms. The molecule has 42 valence electrons. The van der Waals surface area contributed by atoms with Crippen LogP contribution in [0, 0.1) is 0 Å². The number of nitrogens with one attached hydrogen (secondary N) is 1. The summed E-state index contributed by atoms with van der Waals surface area (Å²) in [7, 11) is 0. The molecule has 0 aliphatic carbocycles. The van der Waals surface area contributed by atoms with Gasteiger partial charge in [-0.2, -0.15) is 0 Å². The van der Waals surface area contributed by atoms with Gasteiger partial charge < -0.3 is 10.4 Å². The molecule has 1 rings (SSSR count). The van der Waals surface area contributed by atoms with Crippen molar-refractivity contribution in [2.75, 3.05) is 6.54 Å². The van der Waals surface area contributed by atoms with Gasteiger partial charge in [-0.15, -0.1) is 0 Å². The van der Waals surface area contributed by atoms with E-state index in [1.807, 2.05) is 13.8 Å². The van der Waals surface area contributed by atoms with Crippen molar-refractivity contribution in [1.82, 2.24) is 5.32 Å². The molecule has 0 unspecified atom stereocenters. The Labute approximate surface area is 43.5 Å². The largest absolute Gasteiger partial charge is 0.387 e. The van der Waals surface area contributed by atoms with Crippen LogP contribution in [-0.4, -0.2) is 23.3 Å². The van der Waals surface area contributed by atoms with Gasteiger partial charge in [0.05, 0.1) is 5.60 Å². The fourth-order valence-electron chi connectivity index (χ4n) is 0.602. The molecule has 0 spiro atoms. The number of rotatable bonds is 0. The maximum atomic E-state index is 9.12. The predicted octanol–water partition coefficient (Wildman–Crippen LogP) is -0.271. The first-order valence-electron chi connectivity index (χ1n) is 2.59. The van der Waals surface area contributed by atoms with Gasteiger partial charge in [0.25, 0.3) is 0 Å². The van der Waals surface area contributed by atoms with E-state index in [-0.39, 0.29) is 6.04 Å². The first-order valence-corrected chi connectivity index (χ1v) is 2.59. The molecule has 1 aliphatic heterocycles. The van der Waals surface area contributed by atoms with Gasteiger partial charge >= 0.3 is 0 Å². The Morgan fingerprint density at radius 2 is 2.29 bits per heavy atom. The summed E-state index contributed by atoms with van der Waals surface area (Å²) in [6, 6.07) is 0.285. The van der Waals surface area contributed by atoms with E-state index in [2.05, 4.69) is 5.32 Å². The third-order valence-corrected chi connectivity index (χ3v) is 1.70. The molecule has 0 aromatic carbocycles. The smallest absolute Gasteiger partial charge is 0.0892 e. The highest BCUT2D eigenvalue weighted by Gasteiger charge is 2.36. The van der Waals surface area contributed by atoms with Gasteiger partial charge in [0.2, 0.25) is 0 Å². The molecule has 0 aromatic rings. The first kappa shape index (κ1) is 5.06. The lowest BCUT2D eigenvalue weighted by Gasteiger charge is -2.41. The molecule has 1 fully saturated rings. The third-order valence-electron chi connectivity index (χ3n) is 1.70. The highest BCUT2D eigenvalue weighted by atomic mass is 16.3. The van der Waals surface area contributed by atoms with Gasteiger partial charge in [0.15, 0.2) is 0 Å². The molecular weight excluding hydrogens is 90.1 g/mol. The van der Waals surface area contributed by atoms with Crippen LogP contribution in [0.4, 0.5) is 0 Å². The molecular formula is C5H11NO. The standard InChI is InChI=1S/C5H11NO/c1-4-5(2,7)3-6-4/h4,6-7H,3H2,1-2H3/t4-,5-/m0/s1. The molecule has 0 saturated carbocycles. The molecule has 0 radical (unpaired) electrons. The summed E-state index contributed by atoms with van der Waals surface area (Å²) in [6.07, 6.45) is 0. The van der Waals surface area contributed by atoms with Crippen LogP contribution >= 0.6 is 0 Å². The third kappa shape index (κ3) is 0.640. The van der Waals surface area contributed by atoms with Crippen molar-refractivity contribution in [3.05, 3.63) is 0 Å². The van der Waals surface area contributed by atoms with Crippen LogP contribution in [-0.2, 0) is 0 Å². The van der Waals surface area contributed by atoms with E-state index in [4.69, 9.17) is 5.11 Å². The number of aliphatic hydroxyl groups is 1. The fraction of sp³-hybridized carbons (Fsp3) is 1.00. The molecule has 1 saturated heterocycles. The zero-order valence-corrected chi connectivity index (χ0v) is 4.73. The van der Waals surface area contributed by atoms with Gasteiger partial charge in [-0.05, 0) is 13.8 Å². The molecule has 2 atom stereocenters. The zero-order chi connectivity index (χ0) is 5.49. The molecule has 1 heterocycles. The van der Waals surface area contributed by atoms with Crippen molar-refractivity contribution >= 4 is 0 Å². The molecule has 2 heteroatoms. The maximum Gasteiger partial charge on any atom is 0.0892 e. The Kier molecular flexibility index (Phi) is 0.869. The molecule has 0 amide bonds. The van der Waals surface area contributed by atoms with Gasteiger partial charge in [-0.25, -0.2) is 0 Å². The highest BCUT2D eigenvalue weighted by molar-refractivity contribution is 4.96. The minimum absolute atomic E-state index is 0.285. The van der Waals surface area contributed by atoms with Crippen molar-refractivity contribution < 1.29 is 5.11 Å². The minimum Gasteiger partial charge on any atom is -0.387 e. The van der Waals surface area contributed by atoms with Crippen LogP contribution in [0.5, 0.6) is 0 Å². The predicted molar refractivity (Wildman–Crippen MR) is 28.1 cm³/mol. The summed E-state index contributed by atoms with van der Waals surface area (Å²) in [5, 5.41) is 12.2. The summed E-state index contributed by atoms with van der Waals surface area (Å²) in [5.41, 5.74) is -0.431. The maximum absolute atomic E-state index is 9.12. The second kappa shape index (κ2) is 1.20. The Morgan fingerprint density at radius 3 is 2.29 bits per heavy atom. The van der Waals surface area contributed by atoms with E-state index >= 15 is 0 Å². The Balaban J connectivity index is 2.43. The first-order chi connectivity index (χ1) is 3.13. The molecule has 1 aliphatic rings. The van der Waals surface area contributed by atoms with Gasteiger partial charge in [0, 0.05) is 12.6 Å². The van der Waals surface area contributed by atoms with E-state index in [1.54, 1.807) is 0 Å². The summed E-state index contributed by atoms with van der Waals surface area (Å²) >= 11 is 0. The lowest BCUT2D eigenvalue weighted by atomic mass is 9.90. The Bertz CT molecular complexity index is 80.1. The van der Waals surface area contributed by atoms with Crippen molar-refractivity contribution in [2.24, 2.45) is 0 Å². The quantitative estimate of drug-likeness (QED) is 0.440. The normalized spacial score (nSPS) is 51.0. The molecule has 2 N–H and O–H groups in total. The van der Waals surface area contributed by atoms with Crippen molar-refractivity contribution in [1.29, 1.82) is 0 Å². The molecule has 0 bridgehead atoms. The monoisotopic (exact) mass is 101 g/mol. The van der Waals surface area contributed by atoms with Gasteiger partial charge in [-0.1, -0.05) is 0 Å². The molecule has 0 aromatic heterocycles. The summed E-state index contributed by atoms with van der Waals surface area (Å²) in [5.74, 6) is 0. The van der Waals surface area contributed by atoms with E-state index in [0.717, 1.165) is 6.54 Å². The lowest BCUT2D eigenvalue weighted by Crippen LogP contribution is -2.64. The van der Waals surface area contributed by atoms with Crippen LogP contribution in [0.2, 0.25) is 0 Å². The molecule has 2 nitrogen and oxygen atoms in total. The highest BCUT2D eigenvalue weighted by Crippen LogP contribution is 2.16.